The fourth-order valence-corrected chi connectivity index (χ4v) is 5.39. The number of nitrogens with zero attached hydrogens (tertiary/aromatic N) is 1. The standard InChI is InChI=1S/C28H42F2N2O5/c1-18(33)31-24(14-20-12-21(29)15-22(30)13-20)26(34)25-17-36-23(11-10-19-8-6-5-7-9-19)16-32(25)27(35)37-28(2,3)4/h12-13,15,19,23-26,34H,5-11,14,16-17H2,1-4H3,(H,31,33)/t23?,24-,25?,26-/m0/s1. The number of hydrogen-bond donors (Lipinski definition) is 2. The molecule has 0 bridgehead atoms. The lowest BCUT2D eigenvalue weighted by Gasteiger charge is -2.44. The lowest BCUT2D eigenvalue weighted by Crippen LogP contribution is -2.62. The van der Waals surface area contributed by atoms with Gasteiger partial charge in [-0.25, -0.2) is 13.6 Å². The van der Waals surface area contributed by atoms with E-state index in [0.717, 1.165) is 31.0 Å². The van der Waals surface area contributed by atoms with Crippen LogP contribution in [0.25, 0.3) is 0 Å². The van der Waals surface area contributed by atoms with Gasteiger partial charge in [-0.2, -0.15) is 0 Å². The van der Waals surface area contributed by atoms with E-state index < -0.39 is 47.4 Å². The van der Waals surface area contributed by atoms with Crippen molar-refractivity contribution >= 4 is 12.0 Å². The number of carbonyl (C=O) groups is 2. The molecular formula is C28H42F2N2O5. The van der Waals surface area contributed by atoms with E-state index in [4.69, 9.17) is 9.47 Å². The van der Waals surface area contributed by atoms with Gasteiger partial charge in [0.15, 0.2) is 0 Å². The third-order valence-corrected chi connectivity index (χ3v) is 7.13. The Morgan fingerprint density at radius 1 is 1.14 bits per heavy atom. The first-order valence-corrected chi connectivity index (χ1v) is 13.4. The number of aliphatic hydroxyl groups excluding tert-OH is 1. The summed E-state index contributed by atoms with van der Waals surface area (Å²) in [6.45, 7) is 6.94. The van der Waals surface area contributed by atoms with Crippen molar-refractivity contribution in [3.05, 3.63) is 35.4 Å². The van der Waals surface area contributed by atoms with Crippen molar-refractivity contribution in [2.75, 3.05) is 13.2 Å². The van der Waals surface area contributed by atoms with Gasteiger partial charge in [-0.1, -0.05) is 32.1 Å². The number of hydrogen-bond acceptors (Lipinski definition) is 5. The van der Waals surface area contributed by atoms with Crippen molar-refractivity contribution in [1.29, 1.82) is 0 Å². The second kappa shape index (κ2) is 13.0. The van der Waals surface area contributed by atoms with Crippen LogP contribution in [0.3, 0.4) is 0 Å². The highest BCUT2D eigenvalue weighted by molar-refractivity contribution is 5.73. The van der Waals surface area contributed by atoms with E-state index in [1.807, 2.05) is 0 Å². The quantitative estimate of drug-likeness (QED) is 0.513. The highest BCUT2D eigenvalue weighted by Gasteiger charge is 2.41. The lowest BCUT2D eigenvalue weighted by molar-refractivity contribution is -0.124. The Bertz CT molecular complexity index is 896. The Labute approximate surface area is 218 Å². The van der Waals surface area contributed by atoms with Gasteiger partial charge in [0.25, 0.3) is 0 Å². The maximum atomic E-state index is 13.8. The molecule has 0 radical (unpaired) electrons. The fraction of sp³-hybridized carbons (Fsp3) is 0.714. The van der Waals surface area contributed by atoms with Gasteiger partial charge in [0.2, 0.25) is 5.91 Å². The summed E-state index contributed by atoms with van der Waals surface area (Å²) in [4.78, 5) is 26.7. The average molecular weight is 525 g/mol. The summed E-state index contributed by atoms with van der Waals surface area (Å²) in [5.74, 6) is -1.23. The molecule has 4 atom stereocenters. The Balaban J connectivity index is 1.76. The molecule has 2 amide bonds. The van der Waals surface area contributed by atoms with Crippen LogP contribution >= 0.6 is 0 Å². The van der Waals surface area contributed by atoms with E-state index in [1.165, 1.54) is 43.9 Å². The number of ether oxygens (including phenoxy) is 2. The second-order valence-electron chi connectivity index (χ2n) is 11.5. The Morgan fingerprint density at radius 3 is 2.38 bits per heavy atom. The molecule has 0 aromatic heterocycles. The average Bonchev–Trinajstić information content (AvgIpc) is 2.80. The minimum Gasteiger partial charge on any atom is -0.444 e. The number of benzene rings is 1. The van der Waals surface area contributed by atoms with Crippen LogP contribution in [0.2, 0.25) is 0 Å². The van der Waals surface area contributed by atoms with Gasteiger partial charge >= 0.3 is 6.09 Å². The van der Waals surface area contributed by atoms with Crippen LogP contribution in [0.5, 0.6) is 0 Å². The molecule has 3 rings (SSSR count). The summed E-state index contributed by atoms with van der Waals surface area (Å²) in [6.07, 6.45) is 6.05. The second-order valence-corrected chi connectivity index (χ2v) is 11.5. The molecule has 37 heavy (non-hydrogen) atoms. The molecular weight excluding hydrogens is 482 g/mol. The van der Waals surface area contributed by atoms with Crippen molar-refractivity contribution in [1.82, 2.24) is 10.2 Å². The number of aliphatic hydroxyl groups is 1. The van der Waals surface area contributed by atoms with E-state index in [9.17, 15) is 23.5 Å². The van der Waals surface area contributed by atoms with Gasteiger partial charge in [-0.3, -0.25) is 9.69 Å². The molecule has 7 nitrogen and oxygen atoms in total. The smallest absolute Gasteiger partial charge is 0.410 e. The monoisotopic (exact) mass is 524 g/mol. The Hall–Kier alpha value is -2.26. The highest BCUT2D eigenvalue weighted by atomic mass is 19.1. The van der Waals surface area contributed by atoms with E-state index in [0.29, 0.717) is 5.92 Å². The molecule has 1 heterocycles. The van der Waals surface area contributed by atoms with Gasteiger partial charge in [0, 0.05) is 13.0 Å². The number of nitrogens with one attached hydrogen (secondary N) is 1. The molecule has 1 aromatic rings. The van der Waals surface area contributed by atoms with Crippen LogP contribution in [-0.2, 0) is 20.7 Å². The van der Waals surface area contributed by atoms with Crippen LogP contribution in [-0.4, -0.2) is 65.1 Å². The number of carbonyl (C=O) groups excluding carboxylic acids is 2. The van der Waals surface area contributed by atoms with Crippen LogP contribution in [0.1, 0.15) is 78.2 Å². The molecule has 1 aliphatic carbocycles. The number of morpholine rings is 1. The summed E-state index contributed by atoms with van der Waals surface area (Å²) in [6, 6.07) is 1.37. The summed E-state index contributed by atoms with van der Waals surface area (Å²) >= 11 is 0. The largest absolute Gasteiger partial charge is 0.444 e. The van der Waals surface area contributed by atoms with E-state index in [-0.39, 0.29) is 31.2 Å². The van der Waals surface area contributed by atoms with Crippen LogP contribution < -0.4 is 5.32 Å². The van der Waals surface area contributed by atoms with Crippen molar-refractivity contribution in [3.63, 3.8) is 0 Å². The zero-order valence-corrected chi connectivity index (χ0v) is 22.5. The molecule has 1 saturated carbocycles. The fourth-order valence-electron chi connectivity index (χ4n) is 5.39. The van der Waals surface area contributed by atoms with Gasteiger partial charge in [-0.05, 0) is 63.6 Å². The molecule has 2 fully saturated rings. The van der Waals surface area contributed by atoms with Crippen molar-refractivity contribution < 1.29 is 33.0 Å². The van der Waals surface area contributed by atoms with Crippen LogP contribution in [0.4, 0.5) is 13.6 Å². The summed E-state index contributed by atoms with van der Waals surface area (Å²) in [5.41, 5.74) is -0.459. The third-order valence-electron chi connectivity index (χ3n) is 7.13. The van der Waals surface area contributed by atoms with Crippen LogP contribution in [0, 0.1) is 17.6 Å². The molecule has 1 saturated heterocycles. The zero-order valence-electron chi connectivity index (χ0n) is 22.5. The van der Waals surface area contributed by atoms with E-state index in [2.05, 4.69) is 5.32 Å². The Kier molecular flexibility index (Phi) is 10.3. The van der Waals surface area contributed by atoms with Gasteiger partial charge in [-0.15, -0.1) is 0 Å². The predicted molar refractivity (Wildman–Crippen MR) is 136 cm³/mol. The van der Waals surface area contributed by atoms with Crippen molar-refractivity contribution in [2.24, 2.45) is 5.92 Å². The first kappa shape index (κ1) is 29.3. The number of halogens is 2. The predicted octanol–water partition coefficient (Wildman–Crippen LogP) is 4.74. The SMILES string of the molecule is CC(=O)N[C@@H](Cc1cc(F)cc(F)c1)[C@H](O)C1COC(CCC2CCCCC2)CN1C(=O)OC(C)(C)C. The molecule has 1 aliphatic heterocycles. The molecule has 2 aliphatic rings. The first-order chi connectivity index (χ1) is 17.4. The van der Waals surface area contributed by atoms with E-state index in [1.54, 1.807) is 20.8 Å². The summed E-state index contributed by atoms with van der Waals surface area (Å²) in [7, 11) is 0. The summed E-state index contributed by atoms with van der Waals surface area (Å²) in [5, 5.41) is 14.1. The van der Waals surface area contributed by atoms with Gasteiger partial charge < -0.3 is 19.9 Å². The zero-order chi connectivity index (χ0) is 27.2. The van der Waals surface area contributed by atoms with Gasteiger partial charge in [0.05, 0.1) is 37.4 Å². The number of rotatable bonds is 8. The first-order valence-electron chi connectivity index (χ1n) is 13.4. The summed E-state index contributed by atoms with van der Waals surface area (Å²) < 4.78 is 39.3. The van der Waals surface area contributed by atoms with E-state index >= 15 is 0 Å². The third kappa shape index (κ3) is 9.21. The van der Waals surface area contributed by atoms with Crippen molar-refractivity contribution in [3.8, 4) is 0 Å². The van der Waals surface area contributed by atoms with Crippen LogP contribution in [0.15, 0.2) is 18.2 Å². The highest BCUT2D eigenvalue weighted by Crippen LogP contribution is 2.30. The topological polar surface area (TPSA) is 88.1 Å². The minimum absolute atomic E-state index is 0.0286. The lowest BCUT2D eigenvalue weighted by atomic mass is 9.85. The minimum atomic E-state index is -1.26. The maximum Gasteiger partial charge on any atom is 0.410 e. The molecule has 208 valence electrons. The molecule has 0 spiro atoms. The Morgan fingerprint density at radius 2 is 1.78 bits per heavy atom. The molecule has 9 heteroatoms. The maximum absolute atomic E-state index is 13.8. The number of amides is 2. The normalized spacial score (nSPS) is 22.8. The molecule has 2 unspecified atom stereocenters. The van der Waals surface area contributed by atoms with Gasteiger partial charge in [0.1, 0.15) is 17.2 Å². The van der Waals surface area contributed by atoms with Crippen molar-refractivity contribution in [2.45, 2.75) is 109 Å². The molecule has 2 N–H and O–H groups in total. The molecule has 1 aromatic carbocycles.